The molecule has 6 heteroatoms. The van der Waals surface area contributed by atoms with Crippen molar-refractivity contribution in [3.05, 3.63) is 47.3 Å². The van der Waals surface area contributed by atoms with Gasteiger partial charge in [0.15, 0.2) is 0 Å². The smallest absolute Gasteiger partial charge is 0.254 e. The molecule has 0 saturated heterocycles. The van der Waals surface area contributed by atoms with Gasteiger partial charge in [-0.05, 0) is 24.3 Å². The van der Waals surface area contributed by atoms with Crippen LogP contribution in [0, 0.1) is 0 Å². The molecular formula is C16H20N4O2. The van der Waals surface area contributed by atoms with Crippen molar-refractivity contribution in [1.29, 1.82) is 0 Å². The van der Waals surface area contributed by atoms with Gasteiger partial charge in [0.1, 0.15) is 0 Å². The van der Waals surface area contributed by atoms with Crippen LogP contribution in [-0.4, -0.2) is 46.3 Å². The van der Waals surface area contributed by atoms with Crippen LogP contribution >= 0.6 is 0 Å². The molecule has 22 heavy (non-hydrogen) atoms. The van der Waals surface area contributed by atoms with Crippen molar-refractivity contribution in [2.24, 2.45) is 0 Å². The Hall–Kier alpha value is -2.34. The molecule has 1 N–H and O–H groups in total. The fraction of sp³-hybridized carbons (Fsp3) is 0.375. The van der Waals surface area contributed by atoms with Crippen molar-refractivity contribution in [3.8, 4) is 0 Å². The Morgan fingerprint density at radius 1 is 1.32 bits per heavy atom. The molecular weight excluding hydrogens is 280 g/mol. The average Bonchev–Trinajstić information content (AvgIpc) is 2.96. The van der Waals surface area contributed by atoms with Crippen LogP contribution in [0.15, 0.2) is 30.3 Å². The quantitative estimate of drug-likeness (QED) is 0.922. The van der Waals surface area contributed by atoms with E-state index in [1.165, 1.54) is 0 Å². The number of hydrogen-bond donors (Lipinski definition) is 1. The minimum Gasteiger partial charge on any atom is -0.390 e. The lowest BCUT2D eigenvalue weighted by atomic mass is 10.1. The van der Waals surface area contributed by atoms with Crippen LogP contribution in [0.25, 0.3) is 0 Å². The van der Waals surface area contributed by atoms with Gasteiger partial charge in [-0.3, -0.25) is 9.48 Å². The number of nitrogens with zero attached hydrogens (tertiary/aromatic N) is 4. The topological polar surface area (TPSA) is 61.6 Å². The fourth-order valence-electron chi connectivity index (χ4n) is 2.68. The summed E-state index contributed by atoms with van der Waals surface area (Å²) in [5, 5.41) is 13.5. The highest BCUT2D eigenvalue weighted by Crippen LogP contribution is 2.19. The van der Waals surface area contributed by atoms with Crippen molar-refractivity contribution in [1.82, 2.24) is 14.7 Å². The molecule has 0 radical (unpaired) electrons. The van der Waals surface area contributed by atoms with Crippen molar-refractivity contribution >= 4 is 11.6 Å². The van der Waals surface area contributed by atoms with Gasteiger partial charge in [-0.25, -0.2) is 0 Å². The van der Waals surface area contributed by atoms with E-state index >= 15 is 0 Å². The third-order valence-corrected chi connectivity index (χ3v) is 3.91. The molecule has 0 bridgehead atoms. The first-order chi connectivity index (χ1) is 10.6. The predicted octanol–water partition coefficient (Wildman–Crippen LogP) is 1.10. The van der Waals surface area contributed by atoms with Gasteiger partial charge < -0.3 is 14.9 Å². The fourth-order valence-corrected chi connectivity index (χ4v) is 2.68. The first-order valence-electron chi connectivity index (χ1n) is 7.31. The van der Waals surface area contributed by atoms with E-state index in [9.17, 15) is 4.79 Å². The standard InChI is InChI=1S/C16H20N4O2/c1-18(2)14-5-3-4-12(8-14)16(22)19-6-7-20-15(10-19)9-13(11-21)17-20/h3-5,8-9,21H,6-7,10-11H2,1-2H3. The lowest BCUT2D eigenvalue weighted by Crippen LogP contribution is -2.38. The number of fused-ring (bicyclic) bond motifs is 1. The molecule has 0 fully saturated rings. The molecule has 0 atom stereocenters. The minimum absolute atomic E-state index is 0.0294. The molecule has 0 aliphatic carbocycles. The molecule has 0 unspecified atom stereocenters. The molecule has 2 aromatic rings. The summed E-state index contributed by atoms with van der Waals surface area (Å²) in [5.74, 6) is 0.0294. The average molecular weight is 300 g/mol. The van der Waals surface area contributed by atoms with Crippen LogP contribution in [-0.2, 0) is 19.7 Å². The summed E-state index contributed by atoms with van der Waals surface area (Å²) in [5.41, 5.74) is 3.32. The summed E-state index contributed by atoms with van der Waals surface area (Å²) in [6, 6.07) is 9.50. The largest absolute Gasteiger partial charge is 0.390 e. The Kier molecular flexibility index (Phi) is 3.85. The molecule has 0 spiro atoms. The molecule has 1 aliphatic rings. The van der Waals surface area contributed by atoms with Crippen molar-refractivity contribution in [3.63, 3.8) is 0 Å². The summed E-state index contributed by atoms with van der Waals surface area (Å²) in [4.78, 5) is 16.5. The van der Waals surface area contributed by atoms with Gasteiger partial charge in [0.2, 0.25) is 0 Å². The van der Waals surface area contributed by atoms with Crippen LogP contribution in [0.5, 0.6) is 0 Å². The predicted molar refractivity (Wildman–Crippen MR) is 83.7 cm³/mol. The molecule has 6 nitrogen and oxygen atoms in total. The van der Waals surface area contributed by atoms with E-state index in [2.05, 4.69) is 5.10 Å². The first-order valence-corrected chi connectivity index (χ1v) is 7.31. The Morgan fingerprint density at radius 2 is 2.14 bits per heavy atom. The van der Waals surface area contributed by atoms with E-state index in [0.717, 1.165) is 11.4 Å². The lowest BCUT2D eigenvalue weighted by molar-refractivity contribution is 0.0706. The van der Waals surface area contributed by atoms with E-state index in [-0.39, 0.29) is 12.5 Å². The summed E-state index contributed by atoms with van der Waals surface area (Å²) in [6.07, 6.45) is 0. The molecule has 1 amide bonds. The van der Waals surface area contributed by atoms with E-state index in [4.69, 9.17) is 5.11 Å². The van der Waals surface area contributed by atoms with Crippen LogP contribution in [0.1, 0.15) is 21.7 Å². The van der Waals surface area contributed by atoms with Crippen molar-refractivity contribution in [2.45, 2.75) is 19.7 Å². The second kappa shape index (κ2) is 5.81. The summed E-state index contributed by atoms with van der Waals surface area (Å²) < 4.78 is 1.87. The zero-order valence-corrected chi connectivity index (χ0v) is 12.9. The molecule has 116 valence electrons. The SMILES string of the molecule is CN(C)c1cccc(C(=O)N2CCn3nc(CO)cc3C2)c1. The van der Waals surface area contributed by atoms with E-state index in [1.807, 2.05) is 58.9 Å². The van der Waals surface area contributed by atoms with Gasteiger partial charge in [0, 0.05) is 31.9 Å². The van der Waals surface area contributed by atoms with Crippen LogP contribution in [0.3, 0.4) is 0 Å². The number of aliphatic hydroxyl groups is 1. The Bertz CT molecular complexity index is 693. The number of hydrogen-bond acceptors (Lipinski definition) is 4. The van der Waals surface area contributed by atoms with Gasteiger partial charge in [0.05, 0.1) is 31.1 Å². The number of amides is 1. The number of benzene rings is 1. The third kappa shape index (κ3) is 2.69. The molecule has 2 heterocycles. The van der Waals surface area contributed by atoms with E-state index < -0.39 is 0 Å². The van der Waals surface area contributed by atoms with Gasteiger partial charge in [-0.2, -0.15) is 5.10 Å². The minimum atomic E-state index is -0.0706. The Labute approximate surface area is 129 Å². The monoisotopic (exact) mass is 300 g/mol. The summed E-state index contributed by atoms with van der Waals surface area (Å²) in [7, 11) is 3.92. The Balaban J connectivity index is 1.80. The van der Waals surface area contributed by atoms with Gasteiger partial charge in [-0.15, -0.1) is 0 Å². The zero-order valence-electron chi connectivity index (χ0n) is 12.9. The van der Waals surface area contributed by atoms with Gasteiger partial charge in [0.25, 0.3) is 5.91 Å². The van der Waals surface area contributed by atoms with E-state index in [0.29, 0.717) is 30.9 Å². The molecule has 3 rings (SSSR count). The second-order valence-corrected chi connectivity index (χ2v) is 5.68. The zero-order chi connectivity index (χ0) is 15.7. The Morgan fingerprint density at radius 3 is 2.86 bits per heavy atom. The van der Waals surface area contributed by atoms with Gasteiger partial charge >= 0.3 is 0 Å². The van der Waals surface area contributed by atoms with Gasteiger partial charge in [-0.1, -0.05) is 6.07 Å². The van der Waals surface area contributed by atoms with Crippen LogP contribution < -0.4 is 4.90 Å². The highest BCUT2D eigenvalue weighted by molar-refractivity contribution is 5.95. The maximum atomic E-state index is 12.7. The third-order valence-electron chi connectivity index (χ3n) is 3.91. The molecule has 1 aliphatic heterocycles. The number of rotatable bonds is 3. The first kappa shape index (κ1) is 14.6. The number of anilines is 1. The number of carbonyl (C=O) groups is 1. The van der Waals surface area contributed by atoms with Crippen LogP contribution in [0.4, 0.5) is 5.69 Å². The van der Waals surface area contributed by atoms with Crippen molar-refractivity contribution in [2.75, 3.05) is 25.5 Å². The lowest BCUT2D eigenvalue weighted by Gasteiger charge is -2.28. The molecule has 1 aromatic heterocycles. The number of carbonyl (C=O) groups excluding carboxylic acids is 1. The van der Waals surface area contributed by atoms with E-state index in [1.54, 1.807) is 0 Å². The second-order valence-electron chi connectivity index (χ2n) is 5.68. The van der Waals surface area contributed by atoms with Crippen molar-refractivity contribution < 1.29 is 9.90 Å². The number of aromatic nitrogens is 2. The summed E-state index contributed by atoms with van der Waals surface area (Å²) >= 11 is 0. The highest BCUT2D eigenvalue weighted by atomic mass is 16.3. The summed E-state index contributed by atoms with van der Waals surface area (Å²) in [6.45, 7) is 1.75. The normalized spacial score (nSPS) is 13.9. The molecule has 0 saturated carbocycles. The number of aliphatic hydroxyl groups excluding tert-OH is 1. The van der Waals surface area contributed by atoms with Crippen LogP contribution in [0.2, 0.25) is 0 Å². The maximum Gasteiger partial charge on any atom is 0.254 e. The highest BCUT2D eigenvalue weighted by Gasteiger charge is 2.23. The molecule has 1 aromatic carbocycles. The maximum absolute atomic E-state index is 12.7.